The largest absolute Gasteiger partial charge is 0.434 e. The van der Waals surface area contributed by atoms with E-state index in [1.54, 1.807) is 13.0 Å². The molecule has 0 aliphatic carbocycles. The molecule has 96 valence electrons. The van der Waals surface area contributed by atoms with Crippen LogP contribution in [0.25, 0.3) is 0 Å². The third-order valence-corrected chi connectivity index (χ3v) is 3.00. The van der Waals surface area contributed by atoms with Crippen LogP contribution in [0.3, 0.4) is 0 Å². The van der Waals surface area contributed by atoms with Crippen LogP contribution in [0.15, 0.2) is 27.4 Å². The number of halogens is 1. The van der Waals surface area contributed by atoms with Crippen LogP contribution in [0.2, 0.25) is 0 Å². The molecule has 0 spiro atoms. The number of H-pyrrole nitrogens is 1. The van der Waals surface area contributed by atoms with E-state index in [9.17, 15) is 9.18 Å². The number of aryl methyl sites for hydroxylation is 1. The van der Waals surface area contributed by atoms with Gasteiger partial charge in [0.25, 0.3) is 0 Å². The lowest BCUT2D eigenvalue weighted by atomic mass is 9.90. The van der Waals surface area contributed by atoms with Crippen LogP contribution in [-0.4, -0.2) is 10.2 Å². The summed E-state index contributed by atoms with van der Waals surface area (Å²) in [6.45, 7) is 3.58. The van der Waals surface area contributed by atoms with Gasteiger partial charge in [-0.05, 0) is 24.1 Å². The van der Waals surface area contributed by atoms with Gasteiger partial charge in [0, 0.05) is 5.92 Å². The number of aromatic nitrogens is 2. The van der Waals surface area contributed by atoms with Gasteiger partial charge in [0.05, 0.1) is 6.04 Å². The summed E-state index contributed by atoms with van der Waals surface area (Å²) in [6.07, 6.45) is 0. The molecule has 2 rings (SSSR count). The third kappa shape index (κ3) is 2.19. The SMILES string of the molecule is Cc1cccc(F)c1C(C)C(N)c1n[nH]c(=O)o1. The van der Waals surface area contributed by atoms with Crippen molar-refractivity contribution in [1.29, 1.82) is 0 Å². The highest BCUT2D eigenvalue weighted by atomic mass is 19.1. The predicted molar refractivity (Wildman–Crippen MR) is 63.6 cm³/mol. The van der Waals surface area contributed by atoms with Gasteiger partial charge in [0.15, 0.2) is 0 Å². The fourth-order valence-corrected chi connectivity index (χ4v) is 2.00. The number of nitrogens with two attached hydrogens (primary N) is 1. The zero-order valence-corrected chi connectivity index (χ0v) is 10.1. The third-order valence-electron chi connectivity index (χ3n) is 3.00. The van der Waals surface area contributed by atoms with Gasteiger partial charge in [-0.15, -0.1) is 5.10 Å². The number of nitrogens with zero attached hydrogens (tertiary/aromatic N) is 1. The first-order chi connectivity index (χ1) is 8.50. The molecular formula is C12H14FN3O2. The number of benzene rings is 1. The summed E-state index contributed by atoms with van der Waals surface area (Å²) in [5, 5.41) is 5.81. The predicted octanol–water partition coefficient (Wildman–Crippen LogP) is 1.61. The Morgan fingerprint density at radius 3 is 2.78 bits per heavy atom. The van der Waals surface area contributed by atoms with Crippen molar-refractivity contribution in [3.8, 4) is 0 Å². The maximum Gasteiger partial charge on any atom is 0.434 e. The van der Waals surface area contributed by atoms with Gasteiger partial charge in [-0.2, -0.15) is 0 Å². The molecule has 0 aliphatic rings. The molecule has 2 aromatic rings. The summed E-state index contributed by atoms with van der Waals surface area (Å²) in [5.74, 6) is -1.26. The van der Waals surface area contributed by atoms with Crippen LogP contribution >= 0.6 is 0 Å². The van der Waals surface area contributed by atoms with Crippen LogP contribution < -0.4 is 11.5 Å². The Bertz CT molecular complexity index is 585. The average molecular weight is 251 g/mol. The number of nitrogens with one attached hydrogen (secondary N) is 1. The quantitative estimate of drug-likeness (QED) is 0.867. The van der Waals surface area contributed by atoms with Crippen molar-refractivity contribution in [3.63, 3.8) is 0 Å². The van der Waals surface area contributed by atoms with E-state index < -0.39 is 11.8 Å². The Morgan fingerprint density at radius 1 is 1.50 bits per heavy atom. The molecule has 0 bridgehead atoms. The molecule has 2 unspecified atom stereocenters. The molecule has 0 radical (unpaired) electrons. The first kappa shape index (κ1) is 12.5. The second-order valence-electron chi connectivity index (χ2n) is 4.24. The Labute approximate surface area is 103 Å². The van der Waals surface area contributed by atoms with Crippen LogP contribution in [0, 0.1) is 12.7 Å². The minimum Gasteiger partial charge on any atom is -0.391 e. The molecule has 5 nitrogen and oxygen atoms in total. The van der Waals surface area contributed by atoms with E-state index in [0.717, 1.165) is 5.56 Å². The van der Waals surface area contributed by atoms with E-state index in [0.29, 0.717) is 5.56 Å². The van der Waals surface area contributed by atoms with Gasteiger partial charge in [0.1, 0.15) is 5.82 Å². The molecule has 0 fully saturated rings. The van der Waals surface area contributed by atoms with E-state index >= 15 is 0 Å². The van der Waals surface area contributed by atoms with Crippen LogP contribution in [0.5, 0.6) is 0 Å². The summed E-state index contributed by atoms with van der Waals surface area (Å²) in [5.41, 5.74) is 7.25. The Morgan fingerprint density at radius 2 is 2.22 bits per heavy atom. The van der Waals surface area contributed by atoms with Crippen molar-refractivity contribution in [2.24, 2.45) is 5.73 Å². The second-order valence-corrected chi connectivity index (χ2v) is 4.24. The van der Waals surface area contributed by atoms with Crippen molar-refractivity contribution in [3.05, 3.63) is 51.6 Å². The number of aromatic amines is 1. The van der Waals surface area contributed by atoms with Crippen LogP contribution in [-0.2, 0) is 0 Å². The molecule has 2 atom stereocenters. The lowest BCUT2D eigenvalue weighted by Crippen LogP contribution is -2.20. The molecule has 3 N–H and O–H groups in total. The van der Waals surface area contributed by atoms with Crippen molar-refractivity contribution < 1.29 is 8.81 Å². The minimum absolute atomic E-state index is 0.0788. The molecule has 0 saturated heterocycles. The van der Waals surface area contributed by atoms with Gasteiger partial charge in [-0.3, -0.25) is 0 Å². The Kier molecular flexibility index (Phi) is 3.29. The second kappa shape index (κ2) is 4.73. The zero-order valence-electron chi connectivity index (χ0n) is 10.1. The standard InChI is InChI=1S/C12H14FN3O2/c1-6-4-3-5-8(13)9(6)7(2)10(14)11-15-16-12(17)18-11/h3-5,7,10H,14H2,1-2H3,(H,16,17). The van der Waals surface area contributed by atoms with Gasteiger partial charge < -0.3 is 10.2 Å². The fraction of sp³-hybridized carbons (Fsp3) is 0.333. The molecule has 1 heterocycles. The van der Waals surface area contributed by atoms with Crippen molar-refractivity contribution in [2.45, 2.75) is 25.8 Å². The smallest absolute Gasteiger partial charge is 0.391 e. The highest BCUT2D eigenvalue weighted by molar-refractivity contribution is 5.31. The molecule has 0 aliphatic heterocycles. The van der Waals surface area contributed by atoms with Gasteiger partial charge in [0.2, 0.25) is 5.89 Å². The topological polar surface area (TPSA) is 84.9 Å². The summed E-state index contributed by atoms with van der Waals surface area (Å²) in [7, 11) is 0. The number of rotatable bonds is 3. The lowest BCUT2D eigenvalue weighted by Gasteiger charge is -2.19. The van der Waals surface area contributed by atoms with Crippen molar-refractivity contribution >= 4 is 0 Å². The van der Waals surface area contributed by atoms with E-state index in [1.807, 2.05) is 13.0 Å². The highest BCUT2D eigenvalue weighted by Crippen LogP contribution is 2.31. The zero-order chi connectivity index (χ0) is 13.3. The summed E-state index contributed by atoms with van der Waals surface area (Å²) >= 11 is 0. The summed E-state index contributed by atoms with van der Waals surface area (Å²) in [4.78, 5) is 10.9. The molecule has 1 aromatic carbocycles. The normalized spacial score (nSPS) is 14.4. The fourth-order valence-electron chi connectivity index (χ4n) is 2.00. The van der Waals surface area contributed by atoms with E-state index in [4.69, 9.17) is 10.2 Å². The van der Waals surface area contributed by atoms with Gasteiger partial charge in [-0.25, -0.2) is 14.3 Å². The number of hydrogen-bond donors (Lipinski definition) is 2. The highest BCUT2D eigenvalue weighted by Gasteiger charge is 2.25. The van der Waals surface area contributed by atoms with Crippen LogP contribution in [0.1, 0.15) is 35.9 Å². The first-order valence-electron chi connectivity index (χ1n) is 5.56. The summed E-state index contributed by atoms with van der Waals surface area (Å²) in [6, 6.07) is 4.15. The maximum atomic E-state index is 13.8. The Hall–Kier alpha value is -1.95. The van der Waals surface area contributed by atoms with Crippen molar-refractivity contribution in [1.82, 2.24) is 10.2 Å². The van der Waals surface area contributed by atoms with E-state index in [-0.39, 0.29) is 17.6 Å². The Balaban J connectivity index is 2.36. The molecule has 6 heteroatoms. The molecule has 18 heavy (non-hydrogen) atoms. The van der Waals surface area contributed by atoms with Crippen molar-refractivity contribution in [2.75, 3.05) is 0 Å². The van der Waals surface area contributed by atoms with Crippen LogP contribution in [0.4, 0.5) is 4.39 Å². The monoisotopic (exact) mass is 251 g/mol. The molecular weight excluding hydrogens is 237 g/mol. The molecule has 0 amide bonds. The summed E-state index contributed by atoms with van der Waals surface area (Å²) < 4.78 is 18.6. The van der Waals surface area contributed by atoms with E-state index in [1.165, 1.54) is 6.07 Å². The average Bonchev–Trinajstić information content (AvgIpc) is 2.74. The number of hydrogen-bond acceptors (Lipinski definition) is 4. The molecule has 1 aromatic heterocycles. The van der Waals surface area contributed by atoms with Gasteiger partial charge >= 0.3 is 5.76 Å². The van der Waals surface area contributed by atoms with E-state index in [2.05, 4.69) is 10.2 Å². The lowest BCUT2D eigenvalue weighted by molar-refractivity contribution is 0.396. The molecule has 0 saturated carbocycles. The maximum absolute atomic E-state index is 13.8. The van der Waals surface area contributed by atoms with Gasteiger partial charge in [-0.1, -0.05) is 19.1 Å². The minimum atomic E-state index is -0.681. The first-order valence-corrected chi connectivity index (χ1v) is 5.56.